The number of carbonyl (C=O) groups is 1. The molecule has 6 nitrogen and oxygen atoms in total. The van der Waals surface area contributed by atoms with Gasteiger partial charge in [-0.3, -0.25) is 4.79 Å². The van der Waals surface area contributed by atoms with Gasteiger partial charge in [-0.15, -0.1) is 0 Å². The molecule has 9 heteroatoms. The van der Waals surface area contributed by atoms with Crippen molar-refractivity contribution < 1.29 is 22.7 Å². The zero-order valence-electron chi connectivity index (χ0n) is 18.0. The summed E-state index contributed by atoms with van der Waals surface area (Å²) in [6, 6.07) is 9.54. The second kappa shape index (κ2) is 8.20. The molecular formula is C24H23F3N4O2. The third-order valence-corrected chi connectivity index (χ3v) is 6.44. The maximum atomic E-state index is 13.7. The molecule has 5 heterocycles. The van der Waals surface area contributed by atoms with Gasteiger partial charge in [0.15, 0.2) is 0 Å². The predicted molar refractivity (Wildman–Crippen MR) is 115 cm³/mol. The molecule has 1 amide bonds. The molecule has 1 saturated carbocycles. The van der Waals surface area contributed by atoms with E-state index in [0.717, 1.165) is 48.5 Å². The number of ether oxygens (including phenoxy) is 1. The van der Waals surface area contributed by atoms with E-state index in [4.69, 9.17) is 4.74 Å². The molecule has 3 aliphatic rings. The Bertz CT molecular complexity index is 1150. The minimum absolute atomic E-state index is 0.133. The number of aromatic amines is 1. The highest BCUT2D eigenvalue weighted by Gasteiger charge is 2.45. The molecule has 0 spiro atoms. The van der Waals surface area contributed by atoms with Crippen LogP contribution >= 0.6 is 0 Å². The summed E-state index contributed by atoms with van der Waals surface area (Å²) in [5.41, 5.74) is 1.86. The SMILES string of the molecule is Cc1ccc(-c2ccc[nH]2)c(C(=O)N2C[C@H]3CC[C@H]2[C@H](Oc2ccc(C(F)(F)F)cn2)C3)n1. The minimum Gasteiger partial charge on any atom is -0.472 e. The van der Waals surface area contributed by atoms with E-state index in [1.54, 1.807) is 6.20 Å². The van der Waals surface area contributed by atoms with E-state index in [2.05, 4.69) is 15.0 Å². The summed E-state index contributed by atoms with van der Waals surface area (Å²) in [7, 11) is 0. The van der Waals surface area contributed by atoms with Crippen molar-refractivity contribution in [3.63, 3.8) is 0 Å². The number of aryl methyl sites for hydroxylation is 1. The van der Waals surface area contributed by atoms with Crippen molar-refractivity contribution in [3.05, 3.63) is 65.7 Å². The van der Waals surface area contributed by atoms with E-state index in [1.807, 2.05) is 36.1 Å². The number of amides is 1. The molecule has 2 aliphatic heterocycles. The molecule has 3 aromatic rings. The fourth-order valence-corrected chi connectivity index (χ4v) is 4.84. The molecule has 1 aliphatic carbocycles. The number of alkyl halides is 3. The maximum absolute atomic E-state index is 13.7. The summed E-state index contributed by atoms with van der Waals surface area (Å²) >= 11 is 0. The van der Waals surface area contributed by atoms with Crippen LogP contribution in [0.5, 0.6) is 5.88 Å². The topological polar surface area (TPSA) is 71.1 Å². The number of piperidine rings is 2. The van der Waals surface area contributed by atoms with Crippen molar-refractivity contribution >= 4 is 5.91 Å². The fourth-order valence-electron chi connectivity index (χ4n) is 4.84. The molecule has 3 atom stereocenters. The van der Waals surface area contributed by atoms with E-state index < -0.39 is 11.7 Å². The van der Waals surface area contributed by atoms with Crippen LogP contribution in [-0.4, -0.2) is 44.4 Å². The Kier molecular flexibility index (Phi) is 5.34. The zero-order valence-corrected chi connectivity index (χ0v) is 18.0. The molecule has 6 rings (SSSR count). The molecule has 1 N–H and O–H groups in total. The van der Waals surface area contributed by atoms with Gasteiger partial charge in [0, 0.05) is 42.0 Å². The normalized spacial score (nSPS) is 22.4. The molecule has 0 aromatic carbocycles. The average Bonchev–Trinajstić information content (AvgIpc) is 3.33. The molecule has 2 saturated heterocycles. The molecule has 3 aromatic heterocycles. The number of nitrogens with zero attached hydrogens (tertiary/aromatic N) is 3. The number of fused-ring (bicyclic) bond motifs is 3. The first-order chi connectivity index (χ1) is 15.8. The first-order valence-electron chi connectivity index (χ1n) is 10.9. The number of aromatic nitrogens is 3. The summed E-state index contributed by atoms with van der Waals surface area (Å²) in [4.78, 5) is 27.0. The third kappa shape index (κ3) is 4.19. The van der Waals surface area contributed by atoms with Crippen molar-refractivity contribution in [3.8, 4) is 17.1 Å². The number of hydrogen-bond donors (Lipinski definition) is 1. The van der Waals surface area contributed by atoms with Crippen LogP contribution in [0.4, 0.5) is 13.2 Å². The molecule has 33 heavy (non-hydrogen) atoms. The molecule has 0 radical (unpaired) electrons. The Balaban J connectivity index is 1.39. The van der Waals surface area contributed by atoms with Gasteiger partial charge in [0.05, 0.1) is 11.6 Å². The number of nitrogens with one attached hydrogen (secondary N) is 1. The second-order valence-electron chi connectivity index (χ2n) is 8.68. The lowest BCUT2D eigenvalue weighted by Gasteiger charge is -2.49. The Morgan fingerprint density at radius 3 is 2.70 bits per heavy atom. The van der Waals surface area contributed by atoms with E-state index >= 15 is 0 Å². The van der Waals surface area contributed by atoms with Crippen LogP contribution in [0.3, 0.4) is 0 Å². The summed E-state index contributed by atoms with van der Waals surface area (Å²) in [5.74, 6) is 0.234. The molecule has 172 valence electrons. The van der Waals surface area contributed by atoms with Crippen molar-refractivity contribution in [2.45, 2.75) is 44.5 Å². The number of rotatable bonds is 4. The van der Waals surface area contributed by atoms with Crippen LogP contribution in [-0.2, 0) is 6.18 Å². The minimum atomic E-state index is -4.45. The van der Waals surface area contributed by atoms with E-state index in [1.165, 1.54) is 6.07 Å². The standard InChI is InChI=1S/C24H23F3N4O2/c1-14-4-7-17(18-3-2-10-28-18)22(30-14)23(32)31-13-15-5-8-19(31)20(11-15)33-21-9-6-16(12-29-21)24(25,26)27/h2-4,6-7,9-10,12,15,19-20,28H,5,8,11,13H2,1H3/t15-,19-,20+/m0/s1. The van der Waals surface area contributed by atoms with Crippen molar-refractivity contribution in [2.24, 2.45) is 5.92 Å². The monoisotopic (exact) mass is 456 g/mol. The highest BCUT2D eigenvalue weighted by molar-refractivity contribution is 5.99. The lowest BCUT2D eigenvalue weighted by Crippen LogP contribution is -2.59. The first-order valence-corrected chi connectivity index (χ1v) is 10.9. The van der Waals surface area contributed by atoms with Crippen molar-refractivity contribution in [1.82, 2.24) is 19.9 Å². The smallest absolute Gasteiger partial charge is 0.417 e. The summed E-state index contributed by atoms with van der Waals surface area (Å²) < 4.78 is 44.5. The molecule has 0 unspecified atom stereocenters. The highest BCUT2D eigenvalue weighted by atomic mass is 19.4. The molecule has 2 bridgehead atoms. The van der Waals surface area contributed by atoms with Crippen LogP contribution in [0.25, 0.3) is 11.3 Å². The molecular weight excluding hydrogens is 433 g/mol. The fraction of sp³-hybridized carbons (Fsp3) is 0.375. The second-order valence-corrected chi connectivity index (χ2v) is 8.68. The number of halogens is 3. The Hall–Kier alpha value is -3.36. The lowest BCUT2D eigenvalue weighted by molar-refractivity contribution is -0.137. The van der Waals surface area contributed by atoms with Gasteiger partial charge < -0.3 is 14.6 Å². The Labute approximate surface area is 188 Å². The summed E-state index contributed by atoms with van der Waals surface area (Å²) in [5, 5.41) is 0. The van der Waals surface area contributed by atoms with Gasteiger partial charge in [-0.25, -0.2) is 9.97 Å². The largest absolute Gasteiger partial charge is 0.472 e. The summed E-state index contributed by atoms with van der Waals surface area (Å²) in [6.45, 7) is 2.46. The number of hydrogen-bond acceptors (Lipinski definition) is 4. The third-order valence-electron chi connectivity index (χ3n) is 6.44. The lowest BCUT2D eigenvalue weighted by atomic mass is 9.77. The zero-order chi connectivity index (χ0) is 23.2. The van der Waals surface area contributed by atoms with E-state index in [0.29, 0.717) is 12.2 Å². The van der Waals surface area contributed by atoms with Crippen LogP contribution in [0.2, 0.25) is 0 Å². The van der Waals surface area contributed by atoms with Crippen LogP contribution in [0.15, 0.2) is 48.8 Å². The number of H-pyrrole nitrogens is 1. The van der Waals surface area contributed by atoms with Gasteiger partial charge in [0.25, 0.3) is 5.91 Å². The predicted octanol–water partition coefficient (Wildman–Crippen LogP) is 4.87. The van der Waals surface area contributed by atoms with Crippen molar-refractivity contribution in [2.75, 3.05) is 6.54 Å². The number of pyridine rings is 2. The van der Waals surface area contributed by atoms with Crippen molar-refractivity contribution in [1.29, 1.82) is 0 Å². The quantitative estimate of drug-likeness (QED) is 0.608. The summed E-state index contributed by atoms with van der Waals surface area (Å²) in [6.07, 6.45) is 0.291. The first kappa shape index (κ1) is 21.5. The van der Waals surface area contributed by atoms with Crippen LogP contribution < -0.4 is 4.74 Å². The van der Waals surface area contributed by atoms with Gasteiger partial charge in [-0.2, -0.15) is 13.2 Å². The van der Waals surface area contributed by atoms with Gasteiger partial charge in [0.1, 0.15) is 11.8 Å². The van der Waals surface area contributed by atoms with Gasteiger partial charge in [-0.05, 0) is 62.4 Å². The van der Waals surface area contributed by atoms with Gasteiger partial charge in [-0.1, -0.05) is 0 Å². The number of carbonyl (C=O) groups excluding carboxylic acids is 1. The van der Waals surface area contributed by atoms with E-state index in [-0.39, 0.29) is 29.9 Å². The Morgan fingerprint density at radius 2 is 2.03 bits per heavy atom. The average molecular weight is 456 g/mol. The molecule has 3 fully saturated rings. The van der Waals surface area contributed by atoms with Gasteiger partial charge >= 0.3 is 6.18 Å². The highest BCUT2D eigenvalue weighted by Crippen LogP contribution is 2.39. The van der Waals surface area contributed by atoms with Gasteiger partial charge in [0.2, 0.25) is 5.88 Å². The van der Waals surface area contributed by atoms with E-state index in [9.17, 15) is 18.0 Å². The van der Waals surface area contributed by atoms with Crippen LogP contribution in [0, 0.1) is 12.8 Å². The maximum Gasteiger partial charge on any atom is 0.417 e. The van der Waals surface area contributed by atoms with Crippen LogP contribution in [0.1, 0.15) is 41.0 Å². The Morgan fingerprint density at radius 1 is 1.18 bits per heavy atom.